The van der Waals surface area contributed by atoms with E-state index >= 15 is 0 Å². The van der Waals surface area contributed by atoms with Crippen LogP contribution in [-0.4, -0.2) is 38.6 Å². The highest BCUT2D eigenvalue weighted by atomic mass is 16.5. The van der Waals surface area contributed by atoms with E-state index in [1.807, 2.05) is 31.2 Å². The molecule has 1 aromatic rings. The van der Waals surface area contributed by atoms with Gasteiger partial charge in [-0.25, -0.2) is 0 Å². The lowest BCUT2D eigenvalue weighted by molar-refractivity contribution is -0.897. The van der Waals surface area contributed by atoms with Crippen molar-refractivity contribution in [2.75, 3.05) is 32.1 Å². The minimum atomic E-state index is -0.126. The molecule has 0 radical (unpaired) electrons. The number of esters is 1. The molecule has 0 bridgehead atoms. The Bertz CT molecular complexity index is 508. The molecule has 114 valence electrons. The van der Waals surface area contributed by atoms with Crippen molar-refractivity contribution < 1.29 is 19.2 Å². The summed E-state index contributed by atoms with van der Waals surface area (Å²) in [6.07, 6.45) is 1.58. The third kappa shape index (κ3) is 4.29. The SMILES string of the molecule is COC(=O)C1CC[NH+](CC(=O)Nc2ccccc2C)CC1. The molecular weight excluding hydrogens is 268 g/mol. The van der Waals surface area contributed by atoms with Crippen molar-refractivity contribution in [3.63, 3.8) is 0 Å². The Labute approximate surface area is 125 Å². The number of methoxy groups -OCH3 is 1. The number of hydrogen-bond acceptors (Lipinski definition) is 3. The lowest BCUT2D eigenvalue weighted by Crippen LogP contribution is -3.14. The fraction of sp³-hybridized carbons (Fsp3) is 0.500. The summed E-state index contributed by atoms with van der Waals surface area (Å²) in [6, 6.07) is 7.75. The van der Waals surface area contributed by atoms with Gasteiger partial charge in [-0.05, 0) is 18.6 Å². The smallest absolute Gasteiger partial charge is 0.309 e. The first-order chi connectivity index (χ1) is 10.1. The molecule has 5 heteroatoms. The first-order valence-electron chi connectivity index (χ1n) is 7.37. The molecule has 1 heterocycles. The minimum Gasteiger partial charge on any atom is -0.469 e. The van der Waals surface area contributed by atoms with Crippen molar-refractivity contribution >= 4 is 17.6 Å². The van der Waals surface area contributed by atoms with E-state index in [2.05, 4.69) is 5.32 Å². The van der Waals surface area contributed by atoms with Gasteiger partial charge in [0.1, 0.15) is 0 Å². The fourth-order valence-electron chi connectivity index (χ4n) is 2.74. The molecule has 0 saturated carbocycles. The average molecular weight is 291 g/mol. The van der Waals surface area contributed by atoms with Crippen LogP contribution in [0.25, 0.3) is 0 Å². The van der Waals surface area contributed by atoms with Gasteiger partial charge in [-0.2, -0.15) is 0 Å². The molecule has 0 aliphatic carbocycles. The maximum Gasteiger partial charge on any atom is 0.309 e. The number of ether oxygens (including phenoxy) is 1. The van der Waals surface area contributed by atoms with E-state index < -0.39 is 0 Å². The molecule has 1 aliphatic heterocycles. The zero-order chi connectivity index (χ0) is 15.2. The average Bonchev–Trinajstić information content (AvgIpc) is 2.49. The van der Waals surface area contributed by atoms with Gasteiger partial charge in [-0.3, -0.25) is 9.59 Å². The Balaban J connectivity index is 1.80. The molecule has 1 fully saturated rings. The molecule has 0 atom stereocenters. The first-order valence-corrected chi connectivity index (χ1v) is 7.37. The summed E-state index contributed by atoms with van der Waals surface area (Å²) < 4.78 is 4.77. The maximum absolute atomic E-state index is 12.1. The Morgan fingerprint density at radius 2 is 1.95 bits per heavy atom. The lowest BCUT2D eigenvalue weighted by atomic mass is 9.97. The highest BCUT2D eigenvalue weighted by Gasteiger charge is 2.29. The second-order valence-corrected chi connectivity index (χ2v) is 5.59. The van der Waals surface area contributed by atoms with E-state index in [0.717, 1.165) is 37.2 Å². The van der Waals surface area contributed by atoms with Gasteiger partial charge >= 0.3 is 5.97 Å². The van der Waals surface area contributed by atoms with Crippen molar-refractivity contribution in [2.24, 2.45) is 5.92 Å². The molecule has 1 amide bonds. The van der Waals surface area contributed by atoms with Crippen LogP contribution in [0.5, 0.6) is 0 Å². The van der Waals surface area contributed by atoms with E-state index in [1.54, 1.807) is 0 Å². The summed E-state index contributed by atoms with van der Waals surface area (Å²) >= 11 is 0. The highest BCUT2D eigenvalue weighted by Crippen LogP contribution is 2.13. The number of quaternary nitrogens is 1. The van der Waals surface area contributed by atoms with Crippen molar-refractivity contribution in [3.8, 4) is 0 Å². The molecule has 1 aliphatic rings. The van der Waals surface area contributed by atoms with Crippen LogP contribution in [0.2, 0.25) is 0 Å². The van der Waals surface area contributed by atoms with Gasteiger partial charge < -0.3 is 15.0 Å². The summed E-state index contributed by atoms with van der Waals surface area (Å²) in [5, 5.41) is 2.95. The molecule has 1 saturated heterocycles. The predicted molar refractivity (Wildman–Crippen MR) is 80.1 cm³/mol. The zero-order valence-corrected chi connectivity index (χ0v) is 12.6. The summed E-state index contributed by atoms with van der Waals surface area (Å²) in [4.78, 5) is 24.8. The van der Waals surface area contributed by atoms with Gasteiger partial charge in [0.15, 0.2) is 6.54 Å². The van der Waals surface area contributed by atoms with Crippen molar-refractivity contribution in [2.45, 2.75) is 19.8 Å². The molecule has 5 nitrogen and oxygen atoms in total. The molecule has 2 N–H and O–H groups in total. The monoisotopic (exact) mass is 291 g/mol. The van der Waals surface area contributed by atoms with Gasteiger partial charge in [0.2, 0.25) is 0 Å². The van der Waals surface area contributed by atoms with E-state index in [9.17, 15) is 9.59 Å². The number of piperidine rings is 1. The largest absolute Gasteiger partial charge is 0.469 e. The molecule has 2 rings (SSSR count). The third-order valence-electron chi connectivity index (χ3n) is 4.06. The second-order valence-electron chi connectivity index (χ2n) is 5.59. The quantitative estimate of drug-likeness (QED) is 0.790. The molecular formula is C16H23N2O3+. The standard InChI is InChI=1S/C16H22N2O3/c1-12-5-3-4-6-14(12)17-15(19)11-18-9-7-13(8-10-18)16(20)21-2/h3-6,13H,7-11H2,1-2H3,(H,17,19)/p+1. The second kappa shape index (κ2) is 7.22. The van der Waals surface area contributed by atoms with Crippen LogP contribution in [0.15, 0.2) is 24.3 Å². The molecule has 0 unspecified atom stereocenters. The van der Waals surface area contributed by atoms with Crippen LogP contribution >= 0.6 is 0 Å². The number of benzene rings is 1. The van der Waals surface area contributed by atoms with E-state index in [1.165, 1.54) is 12.0 Å². The number of nitrogens with one attached hydrogen (secondary N) is 2. The van der Waals surface area contributed by atoms with E-state index in [4.69, 9.17) is 4.74 Å². The number of anilines is 1. The van der Waals surface area contributed by atoms with Crippen LogP contribution in [0.3, 0.4) is 0 Å². The molecule has 0 aromatic heterocycles. The topological polar surface area (TPSA) is 59.8 Å². The summed E-state index contributed by atoms with van der Waals surface area (Å²) in [5.41, 5.74) is 1.93. The maximum atomic E-state index is 12.1. The van der Waals surface area contributed by atoms with Gasteiger partial charge in [0.25, 0.3) is 5.91 Å². The first kappa shape index (κ1) is 15.5. The summed E-state index contributed by atoms with van der Waals surface area (Å²) in [6.45, 7) is 4.09. The normalized spacial score (nSPS) is 21.6. The number of amides is 1. The van der Waals surface area contributed by atoms with Gasteiger partial charge in [0, 0.05) is 18.5 Å². The van der Waals surface area contributed by atoms with Crippen molar-refractivity contribution in [1.82, 2.24) is 0 Å². The Morgan fingerprint density at radius 3 is 2.57 bits per heavy atom. The van der Waals surface area contributed by atoms with Gasteiger partial charge in [-0.15, -0.1) is 0 Å². The zero-order valence-electron chi connectivity index (χ0n) is 12.6. The number of likely N-dealkylation sites (tertiary alicyclic amines) is 1. The predicted octanol–water partition coefficient (Wildman–Crippen LogP) is 0.401. The van der Waals surface area contributed by atoms with Gasteiger partial charge in [-0.1, -0.05) is 18.2 Å². The van der Waals surface area contributed by atoms with Crippen LogP contribution in [0.4, 0.5) is 5.69 Å². The lowest BCUT2D eigenvalue weighted by Gasteiger charge is -2.27. The number of hydrogen-bond donors (Lipinski definition) is 2. The Kier molecular flexibility index (Phi) is 5.33. The number of para-hydroxylation sites is 1. The summed E-state index contributed by atoms with van der Waals surface area (Å²) in [7, 11) is 1.43. The summed E-state index contributed by atoms with van der Waals surface area (Å²) in [5.74, 6) is -0.104. The Morgan fingerprint density at radius 1 is 1.29 bits per heavy atom. The van der Waals surface area contributed by atoms with Crippen LogP contribution < -0.4 is 10.2 Å². The third-order valence-corrected chi connectivity index (χ3v) is 4.06. The van der Waals surface area contributed by atoms with Crippen LogP contribution in [0, 0.1) is 12.8 Å². The number of carbonyl (C=O) groups excluding carboxylic acids is 2. The minimum absolute atomic E-state index is 0.00169. The fourth-order valence-corrected chi connectivity index (χ4v) is 2.74. The molecule has 0 spiro atoms. The van der Waals surface area contributed by atoms with E-state index in [-0.39, 0.29) is 17.8 Å². The number of rotatable bonds is 4. The Hall–Kier alpha value is -1.88. The van der Waals surface area contributed by atoms with Gasteiger partial charge in [0.05, 0.1) is 26.1 Å². The van der Waals surface area contributed by atoms with Crippen molar-refractivity contribution in [3.05, 3.63) is 29.8 Å². The molecule has 1 aromatic carbocycles. The number of aryl methyl sites for hydroxylation is 1. The molecule has 21 heavy (non-hydrogen) atoms. The van der Waals surface area contributed by atoms with Crippen LogP contribution in [0.1, 0.15) is 18.4 Å². The van der Waals surface area contributed by atoms with Crippen LogP contribution in [-0.2, 0) is 14.3 Å². The highest BCUT2D eigenvalue weighted by molar-refractivity contribution is 5.92. The van der Waals surface area contributed by atoms with Crippen molar-refractivity contribution in [1.29, 1.82) is 0 Å². The number of carbonyl (C=O) groups is 2. The van der Waals surface area contributed by atoms with E-state index in [0.29, 0.717) is 6.54 Å².